The van der Waals surface area contributed by atoms with E-state index in [0.717, 1.165) is 31.1 Å². The highest BCUT2D eigenvalue weighted by atomic mass is 16.7. The number of fused-ring (bicyclic) bond motifs is 2. The lowest BCUT2D eigenvalue weighted by atomic mass is 10.1. The molecule has 1 saturated heterocycles. The quantitative estimate of drug-likeness (QED) is 0.845. The van der Waals surface area contributed by atoms with Gasteiger partial charge in [-0.05, 0) is 29.8 Å². The highest BCUT2D eigenvalue weighted by Crippen LogP contribution is 2.32. The molecule has 0 spiro atoms. The Morgan fingerprint density at radius 1 is 1.11 bits per heavy atom. The smallest absolute Gasteiger partial charge is 0.268 e. The molecule has 1 atom stereocenters. The Hall–Kier alpha value is -3.00. The second kappa shape index (κ2) is 6.87. The monoisotopic (exact) mass is 382 g/mol. The van der Waals surface area contributed by atoms with Crippen LogP contribution in [0, 0.1) is 0 Å². The van der Waals surface area contributed by atoms with Gasteiger partial charge >= 0.3 is 0 Å². The zero-order chi connectivity index (χ0) is 19.1. The highest BCUT2D eigenvalue weighted by molar-refractivity contribution is 5.97. The minimum absolute atomic E-state index is 0.00423. The number of hydrogen-bond acceptors (Lipinski definition) is 5. The number of nitrogens with one attached hydrogen (secondary N) is 1. The summed E-state index contributed by atoms with van der Waals surface area (Å²) in [5.74, 6) is 1.40. The molecule has 8 nitrogen and oxygen atoms in total. The Morgan fingerprint density at radius 3 is 2.79 bits per heavy atom. The Balaban J connectivity index is 1.17. The van der Waals surface area contributed by atoms with Crippen LogP contribution in [0.5, 0.6) is 11.5 Å². The van der Waals surface area contributed by atoms with Gasteiger partial charge in [-0.25, -0.2) is 0 Å². The molecule has 28 heavy (non-hydrogen) atoms. The van der Waals surface area contributed by atoms with E-state index in [9.17, 15) is 9.59 Å². The van der Waals surface area contributed by atoms with Gasteiger partial charge in [-0.3, -0.25) is 14.5 Å². The fraction of sp³-hybridized carbons (Fsp3) is 0.400. The maximum absolute atomic E-state index is 12.9. The normalized spacial score (nSPS) is 21.4. The van der Waals surface area contributed by atoms with Gasteiger partial charge in [0.05, 0.1) is 6.54 Å². The zero-order valence-corrected chi connectivity index (χ0v) is 15.5. The number of piperazine rings is 1. The van der Waals surface area contributed by atoms with Crippen LogP contribution in [0.1, 0.15) is 16.1 Å². The summed E-state index contributed by atoms with van der Waals surface area (Å²) >= 11 is 0. The van der Waals surface area contributed by atoms with E-state index in [1.54, 1.807) is 6.07 Å². The number of carbonyl (C=O) groups excluding carboxylic acids is 2. The summed E-state index contributed by atoms with van der Waals surface area (Å²) in [6.07, 6.45) is 1.84. The SMILES string of the molecule is O=C1NC(C(=O)N2CCN(Cc3ccc4c(c3)OCO4)CC2)Cn2cccc21. The fourth-order valence-electron chi connectivity index (χ4n) is 4.04. The van der Waals surface area contributed by atoms with Crippen molar-refractivity contribution in [2.75, 3.05) is 33.0 Å². The van der Waals surface area contributed by atoms with Crippen molar-refractivity contribution < 1.29 is 19.1 Å². The molecule has 1 aromatic carbocycles. The summed E-state index contributed by atoms with van der Waals surface area (Å²) < 4.78 is 12.6. The molecule has 2 amide bonds. The minimum atomic E-state index is -0.493. The number of carbonyl (C=O) groups is 2. The van der Waals surface area contributed by atoms with Gasteiger partial charge in [0.15, 0.2) is 11.5 Å². The van der Waals surface area contributed by atoms with Crippen molar-refractivity contribution in [3.05, 3.63) is 47.8 Å². The van der Waals surface area contributed by atoms with Gasteiger partial charge in [0.1, 0.15) is 11.7 Å². The summed E-state index contributed by atoms with van der Waals surface area (Å²) in [7, 11) is 0. The lowest BCUT2D eigenvalue weighted by Gasteiger charge is -2.37. The van der Waals surface area contributed by atoms with E-state index in [2.05, 4.69) is 16.3 Å². The number of rotatable bonds is 3. The molecule has 0 aliphatic carbocycles. The van der Waals surface area contributed by atoms with Crippen LogP contribution in [-0.4, -0.2) is 65.2 Å². The summed E-state index contributed by atoms with van der Waals surface area (Å²) in [4.78, 5) is 29.2. The largest absolute Gasteiger partial charge is 0.454 e. The van der Waals surface area contributed by atoms with Crippen molar-refractivity contribution >= 4 is 11.8 Å². The number of hydrogen-bond donors (Lipinski definition) is 1. The van der Waals surface area contributed by atoms with Crippen LogP contribution in [0.15, 0.2) is 36.5 Å². The van der Waals surface area contributed by atoms with E-state index in [1.165, 1.54) is 5.56 Å². The van der Waals surface area contributed by atoms with Crippen LogP contribution in [0.4, 0.5) is 0 Å². The van der Waals surface area contributed by atoms with Crippen molar-refractivity contribution in [3.8, 4) is 11.5 Å². The van der Waals surface area contributed by atoms with Crippen molar-refractivity contribution in [2.45, 2.75) is 19.1 Å². The standard InChI is InChI=1S/C20H22N4O4/c25-19-16-2-1-5-24(16)12-15(21-19)20(26)23-8-6-22(7-9-23)11-14-3-4-17-18(10-14)28-13-27-17/h1-5,10,15H,6-9,11-13H2,(H,21,25). The molecule has 8 heteroatoms. The van der Waals surface area contributed by atoms with Crippen LogP contribution in [0.3, 0.4) is 0 Å². The molecule has 146 valence electrons. The van der Waals surface area contributed by atoms with Crippen molar-refractivity contribution in [2.24, 2.45) is 0 Å². The molecule has 2 aromatic rings. The number of amides is 2. The first-order valence-electron chi connectivity index (χ1n) is 9.53. The summed E-state index contributed by atoms with van der Waals surface area (Å²) in [6.45, 7) is 4.51. The summed E-state index contributed by atoms with van der Waals surface area (Å²) in [5.41, 5.74) is 1.78. The molecule has 0 saturated carbocycles. The molecule has 1 aromatic heterocycles. The van der Waals surface area contributed by atoms with Gasteiger partial charge in [-0.1, -0.05) is 6.07 Å². The summed E-state index contributed by atoms with van der Waals surface area (Å²) in [5, 5.41) is 2.84. The van der Waals surface area contributed by atoms with Crippen molar-refractivity contribution in [1.29, 1.82) is 0 Å². The number of nitrogens with zero attached hydrogens (tertiary/aromatic N) is 3. The fourth-order valence-corrected chi connectivity index (χ4v) is 4.04. The molecule has 1 unspecified atom stereocenters. The minimum Gasteiger partial charge on any atom is -0.454 e. The molecular formula is C20H22N4O4. The van der Waals surface area contributed by atoms with Crippen LogP contribution in [-0.2, 0) is 17.9 Å². The average molecular weight is 382 g/mol. The Morgan fingerprint density at radius 2 is 1.93 bits per heavy atom. The maximum Gasteiger partial charge on any atom is 0.268 e. The highest BCUT2D eigenvalue weighted by Gasteiger charge is 2.33. The molecule has 4 heterocycles. The van der Waals surface area contributed by atoms with Gasteiger partial charge in [0.2, 0.25) is 12.7 Å². The first-order valence-corrected chi connectivity index (χ1v) is 9.53. The van der Waals surface area contributed by atoms with Gasteiger partial charge < -0.3 is 24.3 Å². The van der Waals surface area contributed by atoms with E-state index in [0.29, 0.717) is 25.3 Å². The molecule has 0 bridgehead atoms. The predicted octanol–water partition coefficient (Wildman–Crippen LogP) is 0.673. The third-order valence-corrected chi connectivity index (χ3v) is 5.57. The van der Waals surface area contributed by atoms with E-state index < -0.39 is 6.04 Å². The zero-order valence-electron chi connectivity index (χ0n) is 15.5. The van der Waals surface area contributed by atoms with Crippen LogP contribution >= 0.6 is 0 Å². The predicted molar refractivity (Wildman–Crippen MR) is 100 cm³/mol. The second-order valence-corrected chi connectivity index (χ2v) is 7.36. The number of aromatic nitrogens is 1. The van der Waals surface area contributed by atoms with Gasteiger partial charge in [0, 0.05) is 38.9 Å². The molecule has 1 N–H and O–H groups in total. The van der Waals surface area contributed by atoms with E-state index in [4.69, 9.17) is 9.47 Å². The molecule has 3 aliphatic heterocycles. The molecule has 5 rings (SSSR count). The topological polar surface area (TPSA) is 76.0 Å². The van der Waals surface area contributed by atoms with Gasteiger partial charge in [-0.2, -0.15) is 0 Å². The second-order valence-electron chi connectivity index (χ2n) is 7.36. The Bertz CT molecular complexity index is 917. The molecule has 0 radical (unpaired) electrons. The molecule has 3 aliphatic rings. The lowest BCUT2D eigenvalue weighted by Crippen LogP contribution is -2.57. The molecular weight excluding hydrogens is 360 g/mol. The van der Waals surface area contributed by atoms with Crippen LogP contribution in [0.2, 0.25) is 0 Å². The van der Waals surface area contributed by atoms with Crippen molar-refractivity contribution in [3.63, 3.8) is 0 Å². The molecule has 1 fully saturated rings. The maximum atomic E-state index is 12.9. The Kier molecular flexibility index (Phi) is 4.20. The van der Waals surface area contributed by atoms with E-state index in [-0.39, 0.29) is 18.6 Å². The van der Waals surface area contributed by atoms with Crippen LogP contribution in [0.25, 0.3) is 0 Å². The number of benzene rings is 1. The Labute approximate surface area is 162 Å². The lowest BCUT2D eigenvalue weighted by molar-refractivity contribution is -0.135. The van der Waals surface area contributed by atoms with E-state index in [1.807, 2.05) is 33.9 Å². The third kappa shape index (κ3) is 3.09. The van der Waals surface area contributed by atoms with Gasteiger partial charge in [-0.15, -0.1) is 0 Å². The number of ether oxygens (including phenoxy) is 2. The van der Waals surface area contributed by atoms with E-state index >= 15 is 0 Å². The average Bonchev–Trinajstić information content (AvgIpc) is 3.37. The van der Waals surface area contributed by atoms with Crippen molar-refractivity contribution in [1.82, 2.24) is 19.7 Å². The van der Waals surface area contributed by atoms with Gasteiger partial charge in [0.25, 0.3) is 5.91 Å². The first kappa shape index (κ1) is 17.1. The van der Waals surface area contributed by atoms with Crippen LogP contribution < -0.4 is 14.8 Å². The third-order valence-electron chi connectivity index (χ3n) is 5.57. The first-order chi connectivity index (χ1) is 13.7. The summed E-state index contributed by atoms with van der Waals surface area (Å²) in [6, 6.07) is 9.12.